The van der Waals surface area contributed by atoms with Gasteiger partial charge in [0.25, 0.3) is 0 Å². The fourth-order valence-electron chi connectivity index (χ4n) is 1.56. The highest BCUT2D eigenvalue weighted by molar-refractivity contribution is 7.10. The first kappa shape index (κ1) is 11.2. The molecule has 0 amide bonds. The Balaban J connectivity index is 1.85. The Bertz CT molecular complexity index is 425. The molecule has 0 unspecified atom stereocenters. The van der Waals surface area contributed by atoms with E-state index in [1.165, 1.54) is 10.4 Å². The van der Waals surface area contributed by atoms with Crippen LogP contribution in [0.4, 0.5) is 0 Å². The molecule has 4 heteroatoms. The molecule has 0 saturated carbocycles. The molecule has 2 heterocycles. The third-order valence-electron chi connectivity index (χ3n) is 2.45. The third-order valence-corrected chi connectivity index (χ3v) is 3.42. The minimum Gasteiger partial charge on any atom is -0.306 e. The number of nitrogens with zero attached hydrogens (tertiary/aromatic N) is 2. The van der Waals surface area contributed by atoms with Crippen LogP contribution in [-0.2, 0) is 19.5 Å². The molecule has 84 valence electrons. The number of aromatic nitrogens is 2. The van der Waals surface area contributed by atoms with Gasteiger partial charge in [-0.1, -0.05) is 6.92 Å². The van der Waals surface area contributed by atoms with E-state index in [0.29, 0.717) is 0 Å². The Kier molecular flexibility index (Phi) is 4.02. The van der Waals surface area contributed by atoms with Crippen molar-refractivity contribution in [3.63, 3.8) is 0 Å². The lowest BCUT2D eigenvalue weighted by molar-refractivity contribution is 0.681. The van der Waals surface area contributed by atoms with Crippen LogP contribution in [0.3, 0.4) is 0 Å². The standard InChI is InChI=1S/C12H15N3S/c1-2-10-4-6-16-12(10)8-14-7-11-3-5-13-9-15-11/h3-6,9,14H,2,7-8H2,1H3. The molecule has 0 radical (unpaired) electrons. The molecular weight excluding hydrogens is 218 g/mol. The Morgan fingerprint density at radius 2 is 2.25 bits per heavy atom. The van der Waals surface area contributed by atoms with Crippen molar-refractivity contribution < 1.29 is 0 Å². The predicted octanol–water partition coefficient (Wildman–Crippen LogP) is 2.39. The van der Waals surface area contributed by atoms with Crippen LogP contribution in [0.1, 0.15) is 23.1 Å². The average Bonchev–Trinajstić information content (AvgIpc) is 2.78. The van der Waals surface area contributed by atoms with Crippen LogP contribution in [0, 0.1) is 0 Å². The molecule has 0 aliphatic heterocycles. The molecule has 0 aliphatic carbocycles. The van der Waals surface area contributed by atoms with Crippen LogP contribution < -0.4 is 5.32 Å². The van der Waals surface area contributed by atoms with Gasteiger partial charge in [0.2, 0.25) is 0 Å². The lowest BCUT2D eigenvalue weighted by Crippen LogP contribution is -2.13. The number of thiophene rings is 1. The monoisotopic (exact) mass is 233 g/mol. The summed E-state index contributed by atoms with van der Waals surface area (Å²) in [5, 5.41) is 5.55. The van der Waals surface area contributed by atoms with E-state index >= 15 is 0 Å². The van der Waals surface area contributed by atoms with Crippen molar-refractivity contribution in [1.29, 1.82) is 0 Å². The van der Waals surface area contributed by atoms with Gasteiger partial charge in [-0.3, -0.25) is 0 Å². The first-order valence-corrected chi connectivity index (χ1v) is 6.29. The quantitative estimate of drug-likeness (QED) is 0.861. The second-order valence-corrected chi connectivity index (χ2v) is 4.53. The molecule has 2 aromatic rings. The summed E-state index contributed by atoms with van der Waals surface area (Å²) in [6.07, 6.45) is 4.46. The van der Waals surface area contributed by atoms with Crippen LogP contribution in [0.5, 0.6) is 0 Å². The molecule has 0 aromatic carbocycles. The number of aryl methyl sites for hydroxylation is 1. The van der Waals surface area contributed by atoms with Crippen molar-refractivity contribution >= 4 is 11.3 Å². The van der Waals surface area contributed by atoms with Gasteiger partial charge in [-0.25, -0.2) is 9.97 Å². The Morgan fingerprint density at radius 1 is 1.31 bits per heavy atom. The molecule has 2 aromatic heterocycles. The molecular formula is C12H15N3S. The molecule has 0 saturated heterocycles. The maximum atomic E-state index is 4.17. The number of hydrogen-bond acceptors (Lipinski definition) is 4. The third kappa shape index (κ3) is 2.87. The number of hydrogen-bond donors (Lipinski definition) is 1. The van der Waals surface area contributed by atoms with Crippen molar-refractivity contribution in [1.82, 2.24) is 15.3 Å². The first-order valence-electron chi connectivity index (χ1n) is 5.41. The highest BCUT2D eigenvalue weighted by Gasteiger charge is 2.01. The highest BCUT2D eigenvalue weighted by atomic mass is 32.1. The maximum Gasteiger partial charge on any atom is 0.115 e. The predicted molar refractivity (Wildman–Crippen MR) is 66.3 cm³/mol. The summed E-state index contributed by atoms with van der Waals surface area (Å²) in [4.78, 5) is 9.49. The van der Waals surface area contributed by atoms with Gasteiger partial charge < -0.3 is 5.32 Å². The van der Waals surface area contributed by atoms with Crippen molar-refractivity contribution in [2.45, 2.75) is 26.4 Å². The second kappa shape index (κ2) is 5.72. The topological polar surface area (TPSA) is 37.8 Å². The van der Waals surface area contributed by atoms with E-state index in [1.807, 2.05) is 17.4 Å². The summed E-state index contributed by atoms with van der Waals surface area (Å²) in [6.45, 7) is 3.91. The van der Waals surface area contributed by atoms with Crippen molar-refractivity contribution in [2.24, 2.45) is 0 Å². The molecule has 2 rings (SSSR count). The van der Waals surface area contributed by atoms with E-state index < -0.39 is 0 Å². The fourth-order valence-corrected chi connectivity index (χ4v) is 2.51. The van der Waals surface area contributed by atoms with Crippen molar-refractivity contribution in [3.8, 4) is 0 Å². The van der Waals surface area contributed by atoms with Crippen molar-refractivity contribution in [2.75, 3.05) is 0 Å². The van der Waals surface area contributed by atoms with E-state index in [2.05, 4.69) is 33.7 Å². The number of rotatable bonds is 5. The molecule has 0 bridgehead atoms. The van der Waals surface area contributed by atoms with Crippen LogP contribution in [0.25, 0.3) is 0 Å². The normalized spacial score (nSPS) is 10.6. The maximum absolute atomic E-state index is 4.17. The Hall–Kier alpha value is -1.26. The largest absolute Gasteiger partial charge is 0.306 e. The van der Waals surface area contributed by atoms with Crippen LogP contribution in [0.15, 0.2) is 30.0 Å². The van der Waals surface area contributed by atoms with Crippen molar-refractivity contribution in [3.05, 3.63) is 46.2 Å². The second-order valence-electron chi connectivity index (χ2n) is 3.53. The smallest absolute Gasteiger partial charge is 0.115 e. The van der Waals surface area contributed by atoms with Gasteiger partial charge in [-0.2, -0.15) is 0 Å². The van der Waals surface area contributed by atoms with E-state index in [9.17, 15) is 0 Å². The number of nitrogens with one attached hydrogen (secondary N) is 1. The van der Waals surface area contributed by atoms with E-state index in [-0.39, 0.29) is 0 Å². The zero-order valence-corrected chi connectivity index (χ0v) is 10.1. The summed E-state index contributed by atoms with van der Waals surface area (Å²) in [6, 6.07) is 4.13. The minimum absolute atomic E-state index is 0.795. The Morgan fingerprint density at radius 3 is 3.00 bits per heavy atom. The van der Waals surface area contributed by atoms with Crippen LogP contribution >= 0.6 is 11.3 Å². The average molecular weight is 233 g/mol. The zero-order chi connectivity index (χ0) is 11.2. The summed E-state index contributed by atoms with van der Waals surface area (Å²) < 4.78 is 0. The van der Waals surface area contributed by atoms with Gasteiger partial charge in [-0.15, -0.1) is 11.3 Å². The highest BCUT2D eigenvalue weighted by Crippen LogP contribution is 2.16. The fraction of sp³-hybridized carbons (Fsp3) is 0.333. The summed E-state index contributed by atoms with van der Waals surface area (Å²) >= 11 is 1.81. The summed E-state index contributed by atoms with van der Waals surface area (Å²) in [5.41, 5.74) is 2.48. The van der Waals surface area contributed by atoms with Crippen LogP contribution in [-0.4, -0.2) is 9.97 Å². The SMILES string of the molecule is CCc1ccsc1CNCc1ccncn1. The Labute approximate surface area is 99.6 Å². The molecule has 0 fully saturated rings. The zero-order valence-electron chi connectivity index (χ0n) is 9.31. The van der Waals surface area contributed by atoms with Crippen LogP contribution in [0.2, 0.25) is 0 Å². The van der Waals surface area contributed by atoms with Gasteiger partial charge in [0.15, 0.2) is 0 Å². The first-order chi connectivity index (χ1) is 7.90. The lowest BCUT2D eigenvalue weighted by atomic mass is 10.2. The summed E-state index contributed by atoms with van der Waals surface area (Å²) in [7, 11) is 0. The van der Waals surface area contributed by atoms with E-state index in [4.69, 9.17) is 0 Å². The molecule has 0 atom stereocenters. The van der Waals surface area contributed by atoms with E-state index in [1.54, 1.807) is 12.5 Å². The molecule has 1 N–H and O–H groups in total. The van der Waals surface area contributed by atoms with E-state index in [0.717, 1.165) is 25.2 Å². The van der Waals surface area contributed by atoms with Gasteiger partial charge in [0.1, 0.15) is 6.33 Å². The molecule has 3 nitrogen and oxygen atoms in total. The van der Waals surface area contributed by atoms with Gasteiger partial charge >= 0.3 is 0 Å². The van der Waals surface area contributed by atoms with Gasteiger partial charge in [0.05, 0.1) is 5.69 Å². The molecule has 0 spiro atoms. The molecule has 16 heavy (non-hydrogen) atoms. The van der Waals surface area contributed by atoms with Gasteiger partial charge in [0, 0.05) is 24.2 Å². The van der Waals surface area contributed by atoms with Gasteiger partial charge in [-0.05, 0) is 29.5 Å². The lowest BCUT2D eigenvalue weighted by Gasteiger charge is -2.04. The summed E-state index contributed by atoms with van der Waals surface area (Å²) in [5.74, 6) is 0. The minimum atomic E-state index is 0.795. The molecule has 0 aliphatic rings.